The Balaban J connectivity index is 0.00000264. The molecule has 5 heteroatoms. The maximum Gasteiger partial charge on any atom is 0.289 e. The molecular weight excluding hydrogens is 312 g/mol. The average molecular weight is 339 g/mol. The fourth-order valence-corrected chi connectivity index (χ4v) is 2.83. The predicted octanol–water partition coefficient (Wildman–Crippen LogP) is 3.84. The quantitative estimate of drug-likeness (QED) is 0.921. The molecule has 1 aromatic heterocycles. The molecule has 23 heavy (non-hydrogen) atoms. The summed E-state index contributed by atoms with van der Waals surface area (Å²) in [6, 6.07) is 4.09. The monoisotopic (exact) mass is 338 g/mol. The molecule has 2 aromatic rings. The fourth-order valence-electron chi connectivity index (χ4n) is 2.83. The van der Waals surface area contributed by atoms with E-state index in [0.29, 0.717) is 18.8 Å². The molecule has 0 fully saturated rings. The predicted molar refractivity (Wildman–Crippen MR) is 97.5 cm³/mol. The van der Waals surface area contributed by atoms with Crippen molar-refractivity contribution in [3.63, 3.8) is 0 Å². The summed E-state index contributed by atoms with van der Waals surface area (Å²) in [7, 11) is 1.80. The lowest BCUT2D eigenvalue weighted by Gasteiger charge is -2.28. The summed E-state index contributed by atoms with van der Waals surface area (Å²) in [4.78, 5) is 14.4. The molecule has 1 amide bonds. The Hall–Kier alpha value is -1.52. The van der Waals surface area contributed by atoms with Gasteiger partial charge in [-0.25, -0.2) is 0 Å². The minimum atomic E-state index is -0.115. The Kier molecular flexibility index (Phi) is 5.89. The molecule has 1 aromatic carbocycles. The second-order valence-electron chi connectivity index (χ2n) is 6.99. The van der Waals surface area contributed by atoms with E-state index >= 15 is 0 Å². The number of nitrogens with two attached hydrogens (primary N) is 1. The number of hydrogen-bond donors (Lipinski definition) is 1. The van der Waals surface area contributed by atoms with Crippen LogP contribution in [-0.4, -0.2) is 30.9 Å². The van der Waals surface area contributed by atoms with Crippen molar-refractivity contribution in [2.75, 3.05) is 20.1 Å². The van der Waals surface area contributed by atoms with Crippen molar-refractivity contribution in [2.45, 2.75) is 34.6 Å². The van der Waals surface area contributed by atoms with Crippen molar-refractivity contribution in [1.29, 1.82) is 0 Å². The van der Waals surface area contributed by atoms with Crippen LogP contribution in [0.15, 0.2) is 16.5 Å². The van der Waals surface area contributed by atoms with Crippen molar-refractivity contribution in [1.82, 2.24) is 4.90 Å². The van der Waals surface area contributed by atoms with Gasteiger partial charge < -0.3 is 15.1 Å². The van der Waals surface area contributed by atoms with Crippen LogP contribution in [0, 0.1) is 26.2 Å². The Morgan fingerprint density at radius 3 is 2.30 bits per heavy atom. The number of benzene rings is 1. The van der Waals surface area contributed by atoms with E-state index in [-0.39, 0.29) is 23.7 Å². The van der Waals surface area contributed by atoms with E-state index in [1.165, 1.54) is 0 Å². The molecule has 1 heterocycles. The SMILES string of the molecule is Cc1ccc(C)c2c(C)c(C(=O)N(C)CC(C)(C)CN)oc12.Cl. The van der Waals surface area contributed by atoms with E-state index in [4.69, 9.17) is 10.2 Å². The number of hydrogen-bond acceptors (Lipinski definition) is 3. The molecule has 0 radical (unpaired) electrons. The molecule has 0 aliphatic heterocycles. The molecule has 0 saturated heterocycles. The maximum atomic E-state index is 12.7. The topological polar surface area (TPSA) is 59.5 Å². The molecule has 0 atom stereocenters. The molecule has 0 unspecified atom stereocenters. The number of carbonyl (C=O) groups is 1. The Labute approximate surface area is 144 Å². The minimum Gasteiger partial charge on any atom is -0.450 e. The van der Waals surface area contributed by atoms with Gasteiger partial charge in [0.2, 0.25) is 0 Å². The van der Waals surface area contributed by atoms with Crippen molar-refractivity contribution in [3.05, 3.63) is 34.6 Å². The fraction of sp³-hybridized carbons (Fsp3) is 0.500. The molecule has 0 saturated carbocycles. The van der Waals surface area contributed by atoms with Gasteiger partial charge in [0.15, 0.2) is 5.76 Å². The summed E-state index contributed by atoms with van der Waals surface area (Å²) in [6.07, 6.45) is 0. The van der Waals surface area contributed by atoms with Crippen LogP contribution in [0.3, 0.4) is 0 Å². The van der Waals surface area contributed by atoms with Crippen LogP contribution >= 0.6 is 12.4 Å². The van der Waals surface area contributed by atoms with Gasteiger partial charge in [-0.05, 0) is 43.9 Å². The van der Waals surface area contributed by atoms with E-state index in [1.807, 2.05) is 26.8 Å². The zero-order chi connectivity index (χ0) is 16.7. The molecule has 0 spiro atoms. The van der Waals surface area contributed by atoms with Crippen molar-refractivity contribution < 1.29 is 9.21 Å². The zero-order valence-corrected chi connectivity index (χ0v) is 15.6. The van der Waals surface area contributed by atoms with Crippen molar-refractivity contribution in [2.24, 2.45) is 11.1 Å². The number of rotatable bonds is 4. The summed E-state index contributed by atoms with van der Waals surface area (Å²) < 4.78 is 5.92. The Morgan fingerprint density at radius 1 is 1.22 bits per heavy atom. The second kappa shape index (κ2) is 6.93. The highest BCUT2D eigenvalue weighted by Gasteiger charge is 2.26. The Morgan fingerprint density at radius 2 is 1.78 bits per heavy atom. The highest BCUT2D eigenvalue weighted by Crippen LogP contribution is 2.31. The summed E-state index contributed by atoms with van der Waals surface area (Å²) in [5.41, 5.74) is 9.55. The van der Waals surface area contributed by atoms with E-state index in [0.717, 1.165) is 27.7 Å². The molecule has 0 aliphatic rings. The highest BCUT2D eigenvalue weighted by molar-refractivity contribution is 6.00. The third-order valence-corrected chi connectivity index (χ3v) is 4.24. The molecule has 2 rings (SSSR count). The van der Waals surface area contributed by atoms with E-state index in [2.05, 4.69) is 19.9 Å². The van der Waals surface area contributed by atoms with Crippen LogP contribution in [0.2, 0.25) is 0 Å². The number of aryl methyl sites for hydroxylation is 3. The molecular formula is C18H27ClN2O2. The number of amides is 1. The maximum absolute atomic E-state index is 12.7. The number of nitrogens with zero attached hydrogens (tertiary/aromatic N) is 1. The van der Waals surface area contributed by atoms with Crippen molar-refractivity contribution in [3.8, 4) is 0 Å². The number of halogens is 1. The lowest BCUT2D eigenvalue weighted by Crippen LogP contribution is -2.39. The van der Waals surface area contributed by atoms with Crippen LogP contribution in [0.25, 0.3) is 11.0 Å². The third kappa shape index (κ3) is 3.70. The molecule has 0 aliphatic carbocycles. The standard InChI is InChI=1S/C18H26N2O2.ClH/c1-11-7-8-12(2)15-14(11)13(3)16(22-15)17(21)20(6)10-18(4,5)9-19;/h7-8H,9-10,19H2,1-6H3;1H. The van der Waals surface area contributed by atoms with E-state index in [1.54, 1.807) is 11.9 Å². The summed E-state index contributed by atoms with van der Waals surface area (Å²) in [5.74, 6) is 0.344. The lowest BCUT2D eigenvalue weighted by atomic mass is 9.93. The van der Waals surface area contributed by atoms with Crippen LogP contribution in [0.5, 0.6) is 0 Å². The lowest BCUT2D eigenvalue weighted by molar-refractivity contribution is 0.0710. The van der Waals surface area contributed by atoms with Gasteiger partial charge in [-0.15, -0.1) is 12.4 Å². The van der Waals surface area contributed by atoms with Gasteiger partial charge in [0.25, 0.3) is 5.91 Å². The highest BCUT2D eigenvalue weighted by atomic mass is 35.5. The van der Waals surface area contributed by atoms with Gasteiger partial charge in [-0.1, -0.05) is 26.0 Å². The molecule has 0 bridgehead atoms. The molecule has 4 nitrogen and oxygen atoms in total. The number of carbonyl (C=O) groups excluding carboxylic acids is 1. The van der Waals surface area contributed by atoms with E-state index < -0.39 is 0 Å². The smallest absolute Gasteiger partial charge is 0.289 e. The van der Waals surface area contributed by atoms with Gasteiger partial charge >= 0.3 is 0 Å². The summed E-state index contributed by atoms with van der Waals surface area (Å²) in [5, 5.41) is 1.05. The van der Waals surface area contributed by atoms with Crippen LogP contribution in [0.4, 0.5) is 0 Å². The summed E-state index contributed by atoms with van der Waals surface area (Å²) >= 11 is 0. The van der Waals surface area contributed by atoms with Crippen LogP contribution < -0.4 is 5.73 Å². The summed E-state index contributed by atoms with van der Waals surface area (Å²) in [6.45, 7) is 11.2. The largest absolute Gasteiger partial charge is 0.450 e. The number of fused-ring (bicyclic) bond motifs is 1. The normalized spacial score (nSPS) is 11.4. The van der Waals surface area contributed by atoms with Gasteiger partial charge in [0, 0.05) is 24.5 Å². The molecule has 128 valence electrons. The number of furan rings is 1. The molecule has 2 N–H and O–H groups in total. The first-order chi connectivity index (χ1) is 10.2. The average Bonchev–Trinajstić information content (AvgIpc) is 2.80. The van der Waals surface area contributed by atoms with E-state index in [9.17, 15) is 4.79 Å². The van der Waals surface area contributed by atoms with Crippen LogP contribution in [0.1, 0.15) is 41.1 Å². The van der Waals surface area contributed by atoms with Gasteiger partial charge in [-0.3, -0.25) is 4.79 Å². The minimum absolute atomic E-state index is 0. The first-order valence-electron chi connectivity index (χ1n) is 7.63. The first kappa shape index (κ1) is 19.5. The van der Waals surface area contributed by atoms with Crippen molar-refractivity contribution >= 4 is 29.3 Å². The van der Waals surface area contributed by atoms with Gasteiger partial charge in [-0.2, -0.15) is 0 Å². The third-order valence-electron chi connectivity index (χ3n) is 4.24. The second-order valence-corrected chi connectivity index (χ2v) is 6.99. The Bertz CT molecular complexity index is 719. The first-order valence-corrected chi connectivity index (χ1v) is 7.63. The van der Waals surface area contributed by atoms with Gasteiger partial charge in [0.05, 0.1) is 0 Å². The van der Waals surface area contributed by atoms with Gasteiger partial charge in [0.1, 0.15) is 5.58 Å². The van der Waals surface area contributed by atoms with Crippen LogP contribution in [-0.2, 0) is 0 Å². The zero-order valence-electron chi connectivity index (χ0n) is 14.8.